The maximum absolute atomic E-state index is 11.9. The molecule has 82 valence electrons. The summed E-state index contributed by atoms with van der Waals surface area (Å²) in [6.07, 6.45) is 0. The summed E-state index contributed by atoms with van der Waals surface area (Å²) >= 11 is 5.70. The predicted octanol–water partition coefficient (Wildman–Crippen LogP) is 1.48. The van der Waals surface area contributed by atoms with Crippen molar-refractivity contribution < 1.29 is 14.3 Å². The van der Waals surface area contributed by atoms with Crippen LogP contribution in [0, 0.1) is 0 Å². The number of rotatable bonds is 1. The first-order chi connectivity index (χ1) is 7.57. The highest BCUT2D eigenvalue weighted by Gasteiger charge is 2.32. The zero-order chi connectivity index (χ0) is 11.9. The van der Waals surface area contributed by atoms with Crippen molar-refractivity contribution in [1.82, 2.24) is 0 Å². The zero-order valence-electron chi connectivity index (χ0n) is 8.41. The fourth-order valence-electron chi connectivity index (χ4n) is 1.60. The molecule has 0 saturated heterocycles. The van der Waals surface area contributed by atoms with Gasteiger partial charge in [-0.3, -0.25) is 9.59 Å². The SMILES string of the molecule is COc1cccc2c1C(=O)C(Cl)=C(N)C2=O. The molecule has 16 heavy (non-hydrogen) atoms. The van der Waals surface area contributed by atoms with Crippen LogP contribution < -0.4 is 10.5 Å². The molecule has 2 rings (SSSR count). The number of hydrogen-bond acceptors (Lipinski definition) is 4. The van der Waals surface area contributed by atoms with Crippen molar-refractivity contribution in [2.24, 2.45) is 5.73 Å². The summed E-state index contributed by atoms with van der Waals surface area (Å²) in [6.45, 7) is 0. The number of methoxy groups -OCH3 is 1. The Bertz CT molecular complexity index is 534. The molecule has 0 fully saturated rings. The fraction of sp³-hybridized carbons (Fsp3) is 0.0909. The lowest BCUT2D eigenvalue weighted by molar-refractivity contribution is 0.0977. The van der Waals surface area contributed by atoms with E-state index in [0.717, 1.165) is 0 Å². The summed E-state index contributed by atoms with van der Waals surface area (Å²) < 4.78 is 5.02. The van der Waals surface area contributed by atoms with Gasteiger partial charge in [-0.25, -0.2) is 0 Å². The molecule has 0 amide bonds. The lowest BCUT2D eigenvalue weighted by Crippen LogP contribution is -2.25. The van der Waals surface area contributed by atoms with Crippen LogP contribution in [-0.2, 0) is 0 Å². The monoisotopic (exact) mass is 237 g/mol. The van der Waals surface area contributed by atoms with E-state index in [1.165, 1.54) is 13.2 Å². The van der Waals surface area contributed by atoms with Crippen LogP contribution in [0.2, 0.25) is 0 Å². The van der Waals surface area contributed by atoms with Crippen LogP contribution in [0.25, 0.3) is 0 Å². The van der Waals surface area contributed by atoms with E-state index in [9.17, 15) is 9.59 Å². The second-order valence-corrected chi connectivity index (χ2v) is 3.65. The molecule has 1 aliphatic carbocycles. The van der Waals surface area contributed by atoms with Crippen LogP contribution in [-0.4, -0.2) is 18.7 Å². The Morgan fingerprint density at radius 1 is 1.25 bits per heavy atom. The van der Waals surface area contributed by atoms with E-state index in [2.05, 4.69) is 0 Å². The first kappa shape index (κ1) is 10.7. The number of hydrogen-bond donors (Lipinski definition) is 1. The second-order valence-electron chi connectivity index (χ2n) is 3.27. The largest absolute Gasteiger partial charge is 0.496 e. The van der Waals surface area contributed by atoms with Gasteiger partial charge in [-0.1, -0.05) is 17.7 Å². The van der Waals surface area contributed by atoms with Crippen molar-refractivity contribution in [3.05, 3.63) is 40.1 Å². The standard InChI is InChI=1S/C11H8ClNO3/c1-16-6-4-2-3-5-7(6)11(15)8(12)9(13)10(5)14/h2-4H,13H2,1H3. The highest BCUT2D eigenvalue weighted by atomic mass is 35.5. The van der Waals surface area contributed by atoms with E-state index in [-0.39, 0.29) is 21.9 Å². The average Bonchev–Trinajstić information content (AvgIpc) is 2.32. The normalized spacial score (nSPS) is 15.1. The van der Waals surface area contributed by atoms with Crippen LogP contribution in [0.4, 0.5) is 0 Å². The summed E-state index contributed by atoms with van der Waals surface area (Å²) in [5, 5.41) is -0.248. The minimum Gasteiger partial charge on any atom is -0.496 e. The molecule has 0 aromatic heterocycles. The second kappa shape index (κ2) is 3.64. The third kappa shape index (κ3) is 1.31. The Morgan fingerprint density at radius 3 is 2.56 bits per heavy atom. The van der Waals surface area contributed by atoms with E-state index < -0.39 is 11.6 Å². The van der Waals surface area contributed by atoms with Crippen molar-refractivity contribution in [3.8, 4) is 5.75 Å². The number of carbonyl (C=O) groups is 2. The van der Waals surface area contributed by atoms with Crippen LogP contribution in [0.1, 0.15) is 20.7 Å². The Kier molecular flexibility index (Phi) is 2.44. The molecular formula is C11H8ClNO3. The van der Waals surface area contributed by atoms with E-state index in [0.29, 0.717) is 5.75 Å². The Morgan fingerprint density at radius 2 is 1.94 bits per heavy atom. The van der Waals surface area contributed by atoms with Crippen LogP contribution in [0.3, 0.4) is 0 Å². The first-order valence-electron chi connectivity index (χ1n) is 4.49. The Balaban J connectivity index is 2.76. The highest BCUT2D eigenvalue weighted by molar-refractivity contribution is 6.50. The van der Waals surface area contributed by atoms with E-state index in [1.54, 1.807) is 12.1 Å². The van der Waals surface area contributed by atoms with Gasteiger partial charge < -0.3 is 10.5 Å². The molecule has 1 aromatic carbocycles. The smallest absolute Gasteiger partial charge is 0.211 e. The number of ether oxygens (including phenoxy) is 1. The lowest BCUT2D eigenvalue weighted by Gasteiger charge is -2.17. The maximum atomic E-state index is 11.9. The van der Waals surface area contributed by atoms with Crippen molar-refractivity contribution in [2.75, 3.05) is 7.11 Å². The number of nitrogens with two attached hydrogens (primary N) is 1. The quantitative estimate of drug-likeness (QED) is 0.803. The van der Waals surface area contributed by atoms with Gasteiger partial charge in [0, 0.05) is 5.56 Å². The van der Waals surface area contributed by atoms with Crippen molar-refractivity contribution >= 4 is 23.2 Å². The molecule has 5 heteroatoms. The number of benzene rings is 1. The van der Waals surface area contributed by atoms with Crippen LogP contribution in [0.5, 0.6) is 5.75 Å². The molecule has 0 aliphatic heterocycles. The molecular weight excluding hydrogens is 230 g/mol. The van der Waals surface area contributed by atoms with Gasteiger partial charge in [0.2, 0.25) is 11.6 Å². The topological polar surface area (TPSA) is 69.4 Å². The van der Waals surface area contributed by atoms with Gasteiger partial charge in [-0.2, -0.15) is 0 Å². The van der Waals surface area contributed by atoms with Crippen molar-refractivity contribution in [3.63, 3.8) is 0 Å². The highest BCUT2D eigenvalue weighted by Crippen LogP contribution is 2.32. The molecule has 2 N–H and O–H groups in total. The van der Waals surface area contributed by atoms with E-state index >= 15 is 0 Å². The number of halogens is 1. The molecule has 0 atom stereocenters. The lowest BCUT2D eigenvalue weighted by atomic mass is 9.92. The zero-order valence-corrected chi connectivity index (χ0v) is 9.17. The third-order valence-electron chi connectivity index (χ3n) is 2.40. The molecule has 1 aliphatic rings. The first-order valence-corrected chi connectivity index (χ1v) is 4.87. The third-order valence-corrected chi connectivity index (χ3v) is 2.77. The molecule has 0 radical (unpaired) electrons. The maximum Gasteiger partial charge on any atom is 0.211 e. The van der Waals surface area contributed by atoms with Gasteiger partial charge in [0.25, 0.3) is 0 Å². The van der Waals surface area contributed by atoms with Crippen LogP contribution in [0.15, 0.2) is 28.9 Å². The average molecular weight is 238 g/mol. The van der Waals surface area contributed by atoms with Gasteiger partial charge in [0.1, 0.15) is 16.5 Å². The molecule has 4 nitrogen and oxygen atoms in total. The number of Topliss-reactive ketones (excluding diaryl/α,β-unsaturated/α-hetero) is 2. The molecule has 0 heterocycles. The Hall–Kier alpha value is -1.81. The Labute approximate surface area is 96.6 Å². The molecule has 1 aromatic rings. The summed E-state index contributed by atoms with van der Waals surface area (Å²) in [6, 6.07) is 4.74. The van der Waals surface area contributed by atoms with Crippen LogP contribution >= 0.6 is 11.6 Å². The van der Waals surface area contributed by atoms with E-state index in [4.69, 9.17) is 22.1 Å². The van der Waals surface area contributed by atoms with Gasteiger partial charge in [-0.05, 0) is 12.1 Å². The van der Waals surface area contributed by atoms with Gasteiger partial charge in [0.15, 0.2) is 0 Å². The summed E-state index contributed by atoms with van der Waals surface area (Å²) in [5.74, 6) is -0.605. The summed E-state index contributed by atoms with van der Waals surface area (Å²) in [7, 11) is 1.42. The molecule has 0 spiro atoms. The minimum atomic E-state index is -0.480. The number of fused-ring (bicyclic) bond motifs is 1. The number of carbonyl (C=O) groups excluding carboxylic acids is 2. The summed E-state index contributed by atoms with van der Waals surface area (Å²) in [4.78, 5) is 23.6. The van der Waals surface area contributed by atoms with E-state index in [1.807, 2.05) is 0 Å². The molecule has 0 unspecified atom stereocenters. The number of ketones is 2. The van der Waals surface area contributed by atoms with Crippen molar-refractivity contribution in [2.45, 2.75) is 0 Å². The summed E-state index contributed by atoms with van der Waals surface area (Å²) in [5.41, 5.74) is 5.64. The van der Waals surface area contributed by atoms with Gasteiger partial charge in [-0.15, -0.1) is 0 Å². The molecule has 0 saturated carbocycles. The minimum absolute atomic E-state index is 0.175. The number of allylic oxidation sites excluding steroid dienone is 2. The predicted molar refractivity (Wildman–Crippen MR) is 58.7 cm³/mol. The van der Waals surface area contributed by atoms with Gasteiger partial charge >= 0.3 is 0 Å². The van der Waals surface area contributed by atoms with Crippen molar-refractivity contribution in [1.29, 1.82) is 0 Å². The molecule has 0 bridgehead atoms. The van der Waals surface area contributed by atoms with Gasteiger partial charge in [0.05, 0.1) is 12.7 Å². The fourth-order valence-corrected chi connectivity index (χ4v) is 1.78.